The molecule has 2 fully saturated rings. The zero-order valence-electron chi connectivity index (χ0n) is 22.8. The quantitative estimate of drug-likeness (QED) is 0.368. The van der Waals surface area contributed by atoms with Gasteiger partial charge < -0.3 is 14.5 Å². The molecule has 2 saturated heterocycles. The summed E-state index contributed by atoms with van der Waals surface area (Å²) < 4.78 is 7.49. The summed E-state index contributed by atoms with van der Waals surface area (Å²) in [6.07, 6.45) is 12.5. The molecule has 2 aromatic heterocycles. The third-order valence-corrected chi connectivity index (χ3v) is 8.95. The fraction of sp³-hybridized carbons (Fsp3) is 0.552. The molecule has 208 valence electrons. The molecule has 1 N–H and O–H groups in total. The summed E-state index contributed by atoms with van der Waals surface area (Å²) in [4.78, 5) is 18.6. The van der Waals surface area contributed by atoms with E-state index in [2.05, 4.69) is 51.0 Å². The minimum atomic E-state index is 0.162. The molecule has 0 spiro atoms. The number of hydroxylamine groups is 1. The van der Waals surface area contributed by atoms with Gasteiger partial charge in [0.1, 0.15) is 6.10 Å². The van der Waals surface area contributed by atoms with Crippen molar-refractivity contribution in [3.05, 3.63) is 47.8 Å². The fourth-order valence-electron chi connectivity index (χ4n) is 5.51. The summed E-state index contributed by atoms with van der Waals surface area (Å²) in [5.74, 6) is 0.819. The normalized spacial score (nSPS) is 19.5. The number of anilines is 1. The highest BCUT2D eigenvalue weighted by atomic mass is 32.1. The first-order valence-electron chi connectivity index (χ1n) is 14.4. The van der Waals surface area contributed by atoms with Crippen molar-refractivity contribution in [1.29, 1.82) is 0 Å². The van der Waals surface area contributed by atoms with Crippen LogP contribution in [0.5, 0.6) is 5.19 Å². The second kappa shape index (κ2) is 12.3. The predicted molar refractivity (Wildman–Crippen MR) is 155 cm³/mol. The fourth-order valence-corrected chi connectivity index (χ4v) is 6.43. The van der Waals surface area contributed by atoms with Crippen LogP contribution in [0.3, 0.4) is 0 Å². The highest BCUT2D eigenvalue weighted by Gasteiger charge is 2.24. The molecule has 6 rings (SSSR count). The molecular weight excluding hydrogens is 510 g/mol. The number of rotatable bonds is 10. The molecule has 0 saturated carbocycles. The minimum Gasteiger partial charge on any atom is -0.467 e. The van der Waals surface area contributed by atoms with Crippen LogP contribution in [-0.4, -0.2) is 93.7 Å². The third kappa shape index (κ3) is 6.41. The van der Waals surface area contributed by atoms with Gasteiger partial charge in [-0.2, -0.15) is 0 Å². The Kier molecular flexibility index (Phi) is 8.36. The first kappa shape index (κ1) is 26.6. The van der Waals surface area contributed by atoms with Gasteiger partial charge in [0.05, 0.1) is 16.8 Å². The highest BCUT2D eigenvalue weighted by Crippen LogP contribution is 2.33. The van der Waals surface area contributed by atoms with Crippen LogP contribution in [0.15, 0.2) is 36.7 Å². The maximum absolute atomic E-state index is 10.5. The largest absolute Gasteiger partial charge is 0.467 e. The molecule has 9 nitrogen and oxygen atoms in total. The Labute approximate surface area is 234 Å². The number of aryl methyl sites for hydroxylation is 1. The minimum absolute atomic E-state index is 0.162. The van der Waals surface area contributed by atoms with Crippen molar-refractivity contribution in [2.24, 2.45) is 0 Å². The highest BCUT2D eigenvalue weighted by molar-refractivity contribution is 7.20. The Morgan fingerprint density at radius 3 is 2.62 bits per heavy atom. The topological polar surface area (TPSA) is 81.1 Å². The molecule has 3 aromatic rings. The Bertz CT molecular complexity index is 1270. The summed E-state index contributed by atoms with van der Waals surface area (Å²) in [5.41, 5.74) is 4.76. The molecule has 3 aliphatic rings. The molecule has 10 heteroatoms. The van der Waals surface area contributed by atoms with Crippen LogP contribution in [0.1, 0.15) is 50.2 Å². The van der Waals surface area contributed by atoms with E-state index in [0.717, 1.165) is 99.3 Å². The molecule has 39 heavy (non-hydrogen) atoms. The zero-order valence-corrected chi connectivity index (χ0v) is 23.7. The van der Waals surface area contributed by atoms with Crippen molar-refractivity contribution >= 4 is 33.1 Å². The lowest BCUT2D eigenvalue weighted by Gasteiger charge is -2.36. The smallest absolute Gasteiger partial charge is 0.274 e. The number of hydrogen-bond acceptors (Lipinski definition) is 10. The van der Waals surface area contributed by atoms with Crippen molar-refractivity contribution in [1.82, 2.24) is 30.0 Å². The predicted octanol–water partition coefficient (Wildman–Crippen LogP) is 4.49. The number of fused-ring (bicyclic) bond motifs is 1. The first-order valence-corrected chi connectivity index (χ1v) is 15.2. The molecule has 0 radical (unpaired) electrons. The van der Waals surface area contributed by atoms with Crippen molar-refractivity contribution in [2.75, 3.05) is 57.3 Å². The number of benzene rings is 1. The first-order chi connectivity index (χ1) is 19.1. The Hall–Kier alpha value is -2.63. The van der Waals surface area contributed by atoms with E-state index in [1.165, 1.54) is 28.3 Å². The van der Waals surface area contributed by atoms with E-state index in [-0.39, 0.29) is 6.10 Å². The summed E-state index contributed by atoms with van der Waals surface area (Å²) in [5, 5.41) is 14.6. The number of hydrazine groups is 1. The van der Waals surface area contributed by atoms with Gasteiger partial charge in [-0.15, -0.1) is 5.17 Å². The Morgan fingerprint density at radius 2 is 1.92 bits per heavy atom. The molecule has 0 unspecified atom stereocenters. The van der Waals surface area contributed by atoms with E-state index in [1.54, 1.807) is 11.3 Å². The van der Waals surface area contributed by atoms with E-state index < -0.39 is 0 Å². The standard InChI is InChI=1S/C29H39N7O2S/c1-2-4-22-20-30-28(31-21-22)34-13-9-25(10-14-34)38-29-32-26-6-5-24(19-27(26)39-29)23-7-15-35(16-8-23)36(37)18-17-33-11-3-12-33/h5-7,19-21,25,37H,2-4,8-18H2,1H3. The van der Waals surface area contributed by atoms with Crippen molar-refractivity contribution in [2.45, 2.75) is 51.6 Å². The van der Waals surface area contributed by atoms with Crippen LogP contribution in [0.2, 0.25) is 0 Å². The number of ether oxygens (including phenoxy) is 1. The molecule has 0 bridgehead atoms. The number of thiazole rings is 1. The molecule has 0 atom stereocenters. The van der Waals surface area contributed by atoms with Crippen LogP contribution >= 0.6 is 11.3 Å². The van der Waals surface area contributed by atoms with Gasteiger partial charge in [0.2, 0.25) is 5.95 Å². The summed E-state index contributed by atoms with van der Waals surface area (Å²) in [6, 6.07) is 6.51. The molecular formula is C29H39N7O2S. The second-order valence-corrected chi connectivity index (χ2v) is 11.8. The summed E-state index contributed by atoms with van der Waals surface area (Å²) in [6.45, 7) is 9.42. The van der Waals surface area contributed by atoms with Crippen molar-refractivity contribution in [3.63, 3.8) is 0 Å². The Morgan fingerprint density at radius 1 is 1.10 bits per heavy atom. The average Bonchev–Trinajstić information content (AvgIpc) is 3.35. The van der Waals surface area contributed by atoms with Crippen LogP contribution in [-0.2, 0) is 6.42 Å². The monoisotopic (exact) mass is 549 g/mol. The van der Waals surface area contributed by atoms with Gasteiger partial charge in [0.25, 0.3) is 5.19 Å². The summed E-state index contributed by atoms with van der Waals surface area (Å²) in [7, 11) is 0. The number of likely N-dealkylation sites (tertiary alicyclic amines) is 1. The van der Waals surface area contributed by atoms with Gasteiger partial charge in [-0.25, -0.2) is 20.0 Å². The van der Waals surface area contributed by atoms with Gasteiger partial charge in [0.15, 0.2) is 0 Å². The second-order valence-electron chi connectivity index (χ2n) is 10.8. The molecule has 5 heterocycles. The number of nitrogens with zero attached hydrogens (tertiary/aromatic N) is 7. The molecule has 1 aromatic carbocycles. The maximum Gasteiger partial charge on any atom is 0.274 e. The Balaban J connectivity index is 1.01. The average molecular weight is 550 g/mol. The van der Waals surface area contributed by atoms with E-state index in [1.807, 2.05) is 17.4 Å². The van der Waals surface area contributed by atoms with E-state index in [4.69, 9.17) is 9.72 Å². The van der Waals surface area contributed by atoms with Gasteiger partial charge in [-0.3, -0.25) is 5.21 Å². The van der Waals surface area contributed by atoms with Crippen molar-refractivity contribution < 1.29 is 9.94 Å². The van der Waals surface area contributed by atoms with E-state index in [0.29, 0.717) is 6.54 Å². The van der Waals surface area contributed by atoms with Crippen LogP contribution in [0.4, 0.5) is 5.95 Å². The van der Waals surface area contributed by atoms with Gasteiger partial charge >= 0.3 is 0 Å². The van der Waals surface area contributed by atoms with Crippen LogP contribution in [0.25, 0.3) is 15.8 Å². The van der Waals surface area contributed by atoms with Gasteiger partial charge in [-0.1, -0.05) is 36.8 Å². The van der Waals surface area contributed by atoms with Gasteiger partial charge in [-0.05, 0) is 61.2 Å². The zero-order chi connectivity index (χ0) is 26.6. The summed E-state index contributed by atoms with van der Waals surface area (Å²) >= 11 is 1.63. The van der Waals surface area contributed by atoms with E-state index >= 15 is 0 Å². The lowest BCUT2D eigenvalue weighted by atomic mass is 10.00. The lowest BCUT2D eigenvalue weighted by molar-refractivity contribution is -0.244. The van der Waals surface area contributed by atoms with Crippen molar-refractivity contribution in [3.8, 4) is 5.19 Å². The van der Waals surface area contributed by atoms with Gasteiger partial charge in [0, 0.05) is 58.0 Å². The van der Waals surface area contributed by atoms with E-state index in [9.17, 15) is 5.21 Å². The number of aromatic nitrogens is 3. The molecule has 0 amide bonds. The molecule has 3 aliphatic heterocycles. The molecule has 0 aliphatic carbocycles. The number of piperidine rings is 1. The lowest BCUT2D eigenvalue weighted by Crippen LogP contribution is -2.48. The SMILES string of the molecule is CCCc1cnc(N2CCC(Oc3nc4ccc(C5=CCN(N(O)CCN6CCC6)CC5)cc4s3)CC2)nc1. The van der Waals surface area contributed by atoms with Crippen LogP contribution in [0, 0.1) is 0 Å². The third-order valence-electron chi connectivity index (χ3n) is 8.04. The number of hydrogen-bond donors (Lipinski definition) is 1. The van der Waals surface area contributed by atoms with Crippen LogP contribution < -0.4 is 9.64 Å². The maximum atomic E-state index is 10.5.